The van der Waals surface area contributed by atoms with Crippen molar-refractivity contribution in [2.24, 2.45) is 5.41 Å². The van der Waals surface area contributed by atoms with Gasteiger partial charge in [-0.3, -0.25) is 14.5 Å². The molecule has 0 radical (unpaired) electrons. The maximum absolute atomic E-state index is 13.4. The Kier molecular flexibility index (Phi) is 6.92. The SMILES string of the molecule is C[C@@H]1CN(C2c3ccccc3C(=O)N(C)c3ccccc32)CCN1c1ccc(NC(=O)C(C)(C)C)cc1C#N. The molecule has 2 atom stereocenters. The van der Waals surface area contributed by atoms with Gasteiger partial charge in [-0.2, -0.15) is 5.26 Å². The predicted molar refractivity (Wildman–Crippen MR) is 155 cm³/mol. The van der Waals surface area contributed by atoms with Crippen LogP contribution < -0.4 is 15.1 Å². The Bertz CT molecular complexity index is 1470. The molecular formula is C32H35N5O2. The number of nitrogens with zero attached hydrogens (tertiary/aromatic N) is 4. The summed E-state index contributed by atoms with van der Waals surface area (Å²) in [6, 6.07) is 24.1. The van der Waals surface area contributed by atoms with Gasteiger partial charge in [-0.1, -0.05) is 57.2 Å². The predicted octanol–water partition coefficient (Wildman–Crippen LogP) is 5.43. The van der Waals surface area contributed by atoms with E-state index in [0.29, 0.717) is 11.3 Å². The number of carbonyl (C=O) groups excluding carboxylic acids is 2. The van der Waals surface area contributed by atoms with Crippen molar-refractivity contribution >= 4 is 28.9 Å². The van der Waals surface area contributed by atoms with Crippen molar-refractivity contribution < 1.29 is 9.59 Å². The molecule has 1 fully saturated rings. The summed E-state index contributed by atoms with van der Waals surface area (Å²) in [7, 11) is 1.85. The summed E-state index contributed by atoms with van der Waals surface area (Å²) in [6.07, 6.45) is 0. The number of hydrogen-bond donors (Lipinski definition) is 1. The van der Waals surface area contributed by atoms with Crippen molar-refractivity contribution in [2.45, 2.75) is 39.8 Å². The molecule has 1 saturated heterocycles. The monoisotopic (exact) mass is 521 g/mol. The number of fused-ring (bicyclic) bond motifs is 2. The maximum atomic E-state index is 13.4. The lowest BCUT2D eigenvalue weighted by Crippen LogP contribution is -2.53. The molecule has 0 saturated carbocycles. The number of hydrogen-bond acceptors (Lipinski definition) is 5. The average Bonchev–Trinajstić information content (AvgIpc) is 3.01. The molecule has 0 bridgehead atoms. The van der Waals surface area contributed by atoms with E-state index in [4.69, 9.17) is 0 Å². The molecule has 2 aliphatic heterocycles. The van der Waals surface area contributed by atoms with E-state index in [0.717, 1.165) is 47.7 Å². The van der Waals surface area contributed by atoms with E-state index >= 15 is 0 Å². The molecule has 2 amide bonds. The van der Waals surface area contributed by atoms with Crippen LogP contribution in [0.1, 0.15) is 60.8 Å². The highest BCUT2D eigenvalue weighted by molar-refractivity contribution is 6.08. The molecular weight excluding hydrogens is 486 g/mol. The van der Waals surface area contributed by atoms with Crippen LogP contribution in [0.25, 0.3) is 0 Å². The van der Waals surface area contributed by atoms with Crippen LogP contribution in [0.5, 0.6) is 0 Å². The van der Waals surface area contributed by atoms with Crippen molar-refractivity contribution in [1.82, 2.24) is 4.90 Å². The first-order chi connectivity index (χ1) is 18.6. The first-order valence-electron chi connectivity index (χ1n) is 13.4. The molecule has 0 aromatic heterocycles. The van der Waals surface area contributed by atoms with E-state index in [1.165, 1.54) is 0 Å². The van der Waals surface area contributed by atoms with Gasteiger partial charge < -0.3 is 15.1 Å². The number of nitrogens with one attached hydrogen (secondary N) is 1. The van der Waals surface area contributed by atoms with E-state index < -0.39 is 5.41 Å². The van der Waals surface area contributed by atoms with Crippen LogP contribution in [0.15, 0.2) is 66.7 Å². The normalized spacial score (nSPS) is 19.5. The number of piperazine rings is 1. The quantitative estimate of drug-likeness (QED) is 0.497. The van der Waals surface area contributed by atoms with E-state index in [9.17, 15) is 14.9 Å². The number of nitriles is 1. The number of carbonyl (C=O) groups is 2. The van der Waals surface area contributed by atoms with E-state index in [2.05, 4.69) is 40.2 Å². The summed E-state index contributed by atoms with van der Waals surface area (Å²) in [4.78, 5) is 32.3. The van der Waals surface area contributed by atoms with E-state index in [-0.39, 0.29) is 23.9 Å². The summed E-state index contributed by atoms with van der Waals surface area (Å²) >= 11 is 0. The fourth-order valence-corrected chi connectivity index (χ4v) is 5.66. The minimum absolute atomic E-state index is 0.00420. The van der Waals surface area contributed by atoms with Crippen LogP contribution in [0.4, 0.5) is 17.1 Å². The second-order valence-electron chi connectivity index (χ2n) is 11.5. The van der Waals surface area contributed by atoms with Crippen LogP contribution in [-0.4, -0.2) is 49.4 Å². The van der Waals surface area contributed by atoms with E-state index in [1.807, 2.05) is 76.3 Å². The van der Waals surface area contributed by atoms with Gasteiger partial charge in [0.15, 0.2) is 0 Å². The molecule has 200 valence electrons. The van der Waals surface area contributed by atoms with Crippen molar-refractivity contribution in [3.8, 4) is 6.07 Å². The second kappa shape index (κ2) is 10.2. The Morgan fingerprint density at radius 1 is 0.974 bits per heavy atom. The van der Waals surface area contributed by atoms with Crippen molar-refractivity contribution in [1.29, 1.82) is 5.26 Å². The molecule has 1 N–H and O–H groups in total. The highest BCUT2D eigenvalue weighted by Crippen LogP contribution is 2.41. The van der Waals surface area contributed by atoms with Gasteiger partial charge in [0.25, 0.3) is 5.91 Å². The highest BCUT2D eigenvalue weighted by atomic mass is 16.2. The first kappa shape index (κ1) is 26.5. The summed E-state index contributed by atoms with van der Waals surface area (Å²) in [5.74, 6) is -0.0845. The minimum Gasteiger partial charge on any atom is -0.365 e. The van der Waals surface area contributed by atoms with Crippen LogP contribution in [0.3, 0.4) is 0 Å². The van der Waals surface area contributed by atoms with E-state index in [1.54, 1.807) is 11.0 Å². The molecule has 7 heteroatoms. The molecule has 3 aromatic rings. The van der Waals surface area contributed by atoms with Gasteiger partial charge in [-0.15, -0.1) is 0 Å². The number of anilines is 3. The van der Waals surface area contributed by atoms with Gasteiger partial charge in [-0.25, -0.2) is 0 Å². The Morgan fingerprint density at radius 2 is 1.67 bits per heavy atom. The Balaban J connectivity index is 1.44. The number of para-hydroxylation sites is 1. The highest BCUT2D eigenvalue weighted by Gasteiger charge is 2.37. The van der Waals surface area contributed by atoms with Gasteiger partial charge in [0.05, 0.1) is 17.3 Å². The lowest BCUT2D eigenvalue weighted by Gasteiger charge is -2.45. The molecule has 3 aromatic carbocycles. The standard InChI is InChI=1S/C32H35N5O2/c1-21-20-36(16-17-37(21)27-15-14-23(18-22(27)19-33)34-31(39)32(2,3)4)29-24-10-6-7-11-25(24)30(38)35(5)28-13-9-8-12-26(28)29/h6-15,18,21,29H,16-17,20H2,1-5H3,(H,34,39)/t21-,29?/m1/s1. The molecule has 2 aliphatic rings. The largest absolute Gasteiger partial charge is 0.365 e. The van der Waals surface area contributed by atoms with Gasteiger partial charge in [-0.05, 0) is 48.4 Å². The fraction of sp³-hybridized carbons (Fsp3) is 0.344. The second-order valence-corrected chi connectivity index (χ2v) is 11.5. The van der Waals surface area contributed by atoms with Crippen LogP contribution in [0.2, 0.25) is 0 Å². The lowest BCUT2D eigenvalue weighted by atomic mass is 9.92. The van der Waals surface area contributed by atoms with Crippen molar-refractivity contribution in [3.63, 3.8) is 0 Å². The summed E-state index contributed by atoms with van der Waals surface area (Å²) in [5.41, 5.74) is 5.32. The zero-order valence-corrected chi connectivity index (χ0v) is 23.2. The number of benzene rings is 3. The van der Waals surface area contributed by atoms with Crippen molar-refractivity contribution in [2.75, 3.05) is 41.8 Å². The maximum Gasteiger partial charge on any atom is 0.258 e. The molecule has 7 nitrogen and oxygen atoms in total. The van der Waals surface area contributed by atoms with Crippen LogP contribution in [-0.2, 0) is 4.79 Å². The zero-order valence-electron chi connectivity index (χ0n) is 23.2. The van der Waals surface area contributed by atoms with Gasteiger partial charge in [0, 0.05) is 55.1 Å². The minimum atomic E-state index is -0.523. The first-order valence-corrected chi connectivity index (χ1v) is 13.4. The lowest BCUT2D eigenvalue weighted by molar-refractivity contribution is -0.123. The topological polar surface area (TPSA) is 79.7 Å². The fourth-order valence-electron chi connectivity index (χ4n) is 5.66. The zero-order chi connectivity index (χ0) is 27.9. The van der Waals surface area contributed by atoms with Crippen LogP contribution in [0, 0.1) is 16.7 Å². The third kappa shape index (κ3) is 4.88. The third-order valence-electron chi connectivity index (χ3n) is 7.77. The summed E-state index contributed by atoms with van der Waals surface area (Å²) < 4.78 is 0. The third-order valence-corrected chi connectivity index (χ3v) is 7.77. The molecule has 0 aliphatic carbocycles. The summed E-state index contributed by atoms with van der Waals surface area (Å²) in [6.45, 7) is 10.0. The molecule has 2 heterocycles. The smallest absolute Gasteiger partial charge is 0.258 e. The van der Waals surface area contributed by atoms with Crippen molar-refractivity contribution in [3.05, 3.63) is 89.0 Å². The van der Waals surface area contributed by atoms with Gasteiger partial charge >= 0.3 is 0 Å². The molecule has 1 unspecified atom stereocenters. The Labute approximate surface area is 230 Å². The van der Waals surface area contributed by atoms with Gasteiger partial charge in [0.2, 0.25) is 5.91 Å². The summed E-state index contributed by atoms with van der Waals surface area (Å²) in [5, 5.41) is 12.9. The Hall–Kier alpha value is -4.15. The molecule has 0 spiro atoms. The van der Waals surface area contributed by atoms with Gasteiger partial charge in [0.1, 0.15) is 6.07 Å². The van der Waals surface area contributed by atoms with Crippen LogP contribution >= 0.6 is 0 Å². The Morgan fingerprint density at radius 3 is 2.36 bits per heavy atom. The number of amides is 2. The average molecular weight is 522 g/mol. The molecule has 39 heavy (non-hydrogen) atoms. The number of rotatable bonds is 3. The molecule has 5 rings (SSSR count).